The molecule has 0 bridgehead atoms. The van der Waals surface area contributed by atoms with E-state index in [-0.39, 0.29) is 30.3 Å². The molecule has 11 nitrogen and oxygen atoms in total. The van der Waals surface area contributed by atoms with Crippen molar-refractivity contribution in [3.63, 3.8) is 0 Å². The highest BCUT2D eigenvalue weighted by Gasteiger charge is 2.23. The second-order valence-corrected chi connectivity index (χ2v) is 12.1. The number of amides is 2. The first kappa shape index (κ1) is 31.7. The van der Waals surface area contributed by atoms with Gasteiger partial charge in [-0.2, -0.15) is 0 Å². The molecule has 1 fully saturated rings. The van der Waals surface area contributed by atoms with Crippen LogP contribution in [0.1, 0.15) is 29.5 Å². The van der Waals surface area contributed by atoms with E-state index in [1.54, 1.807) is 15.2 Å². The molecule has 11 heteroatoms. The molecule has 2 amide bonds. The third-order valence-electron chi connectivity index (χ3n) is 8.33. The van der Waals surface area contributed by atoms with Crippen LogP contribution >= 0.6 is 0 Å². The molecule has 4 heterocycles. The first-order chi connectivity index (χ1) is 22.8. The molecule has 5 aromatic rings. The molecule has 47 heavy (non-hydrogen) atoms. The lowest BCUT2D eigenvalue weighted by Crippen LogP contribution is -2.49. The zero-order valence-electron chi connectivity index (χ0n) is 26.9. The van der Waals surface area contributed by atoms with Crippen LogP contribution in [-0.2, 0) is 29.2 Å². The number of hydrogen-bond donors (Lipinski definition) is 1. The number of benzene rings is 2. The van der Waals surface area contributed by atoms with Crippen molar-refractivity contribution in [1.82, 2.24) is 28.9 Å². The lowest BCUT2D eigenvalue weighted by atomic mass is 10.2. The number of nitrogens with zero attached hydrogens (tertiary/aromatic N) is 7. The van der Waals surface area contributed by atoms with Crippen LogP contribution in [0.15, 0.2) is 95.9 Å². The zero-order chi connectivity index (χ0) is 32.8. The standard InChI is InChI=1S/C36H40N8O3/c1-40(2)24-29-13-16-32(37-23-29)41-19-21-42(22-20-41)34(46)18-17-33(45)38-31-15-14-30-35(39-31)44(26-28-11-7-4-8-12-28)36(47)43(30)25-27-9-5-3-6-10-27/h3-16,23H,17-22,24-26H2,1-2H3,(H,38,39,45). The van der Waals surface area contributed by atoms with E-state index in [1.165, 1.54) is 0 Å². The minimum absolute atomic E-state index is 0.0412. The van der Waals surface area contributed by atoms with Crippen LogP contribution in [0.4, 0.5) is 11.6 Å². The summed E-state index contributed by atoms with van der Waals surface area (Å²) >= 11 is 0. The molecule has 1 aliphatic rings. The third-order valence-corrected chi connectivity index (χ3v) is 8.33. The van der Waals surface area contributed by atoms with Gasteiger partial charge >= 0.3 is 5.69 Å². The van der Waals surface area contributed by atoms with Crippen LogP contribution in [0.3, 0.4) is 0 Å². The number of aromatic nitrogens is 4. The fraction of sp³-hybridized carbons (Fsp3) is 0.306. The van der Waals surface area contributed by atoms with Crippen molar-refractivity contribution in [2.75, 3.05) is 50.5 Å². The SMILES string of the molecule is CN(C)Cc1ccc(N2CCN(C(=O)CCC(=O)Nc3ccc4c(n3)n(Cc3ccccc3)c(=O)n4Cc3ccccc3)CC2)nc1. The summed E-state index contributed by atoms with van der Waals surface area (Å²) in [5, 5.41) is 2.84. The van der Waals surface area contributed by atoms with E-state index < -0.39 is 0 Å². The van der Waals surface area contributed by atoms with E-state index in [2.05, 4.69) is 26.2 Å². The maximum absolute atomic E-state index is 13.7. The Hall–Kier alpha value is -5.29. The number of piperazine rings is 1. The number of carbonyl (C=O) groups excluding carboxylic acids is 2. The van der Waals surface area contributed by atoms with Crippen molar-refractivity contribution in [3.8, 4) is 0 Å². The van der Waals surface area contributed by atoms with Crippen LogP contribution in [0, 0.1) is 0 Å². The lowest BCUT2D eigenvalue weighted by molar-refractivity contribution is -0.133. The topological polar surface area (TPSA) is 109 Å². The molecular weight excluding hydrogens is 592 g/mol. The van der Waals surface area contributed by atoms with Crippen LogP contribution < -0.4 is 15.9 Å². The van der Waals surface area contributed by atoms with Gasteiger partial charge in [0, 0.05) is 51.8 Å². The van der Waals surface area contributed by atoms with Crippen molar-refractivity contribution in [2.45, 2.75) is 32.5 Å². The number of pyridine rings is 2. The number of fused-ring (bicyclic) bond motifs is 1. The van der Waals surface area contributed by atoms with Gasteiger partial charge < -0.3 is 20.0 Å². The van der Waals surface area contributed by atoms with Gasteiger partial charge in [-0.25, -0.2) is 14.8 Å². The fourth-order valence-corrected chi connectivity index (χ4v) is 5.92. The van der Waals surface area contributed by atoms with E-state index in [0.29, 0.717) is 56.3 Å². The van der Waals surface area contributed by atoms with Gasteiger partial charge in [-0.05, 0) is 49.0 Å². The Bertz CT molecular complexity index is 1880. The lowest BCUT2D eigenvalue weighted by Gasteiger charge is -2.35. The first-order valence-electron chi connectivity index (χ1n) is 15.9. The molecule has 0 spiro atoms. The summed E-state index contributed by atoms with van der Waals surface area (Å²) in [4.78, 5) is 55.0. The van der Waals surface area contributed by atoms with Crippen molar-refractivity contribution in [2.24, 2.45) is 0 Å². The summed E-state index contributed by atoms with van der Waals surface area (Å²) in [5.74, 6) is 0.901. The molecule has 0 aliphatic carbocycles. The summed E-state index contributed by atoms with van der Waals surface area (Å²) in [6, 6.07) is 27.2. The second kappa shape index (κ2) is 14.4. The number of nitrogens with one attached hydrogen (secondary N) is 1. The summed E-state index contributed by atoms with van der Waals surface area (Å²) in [5.41, 5.74) is 4.13. The summed E-state index contributed by atoms with van der Waals surface area (Å²) in [6.45, 7) is 4.14. The van der Waals surface area contributed by atoms with Gasteiger partial charge in [-0.1, -0.05) is 66.7 Å². The first-order valence-corrected chi connectivity index (χ1v) is 15.9. The molecule has 0 unspecified atom stereocenters. The summed E-state index contributed by atoms with van der Waals surface area (Å²) < 4.78 is 3.35. The van der Waals surface area contributed by atoms with Gasteiger partial charge in [0.2, 0.25) is 11.8 Å². The fourth-order valence-electron chi connectivity index (χ4n) is 5.92. The largest absolute Gasteiger partial charge is 0.353 e. The van der Waals surface area contributed by atoms with E-state index in [0.717, 1.165) is 29.1 Å². The Kier molecular flexibility index (Phi) is 9.72. The maximum Gasteiger partial charge on any atom is 0.330 e. The van der Waals surface area contributed by atoms with Crippen molar-refractivity contribution < 1.29 is 9.59 Å². The highest BCUT2D eigenvalue weighted by Crippen LogP contribution is 2.19. The summed E-state index contributed by atoms with van der Waals surface area (Å²) in [7, 11) is 4.06. The van der Waals surface area contributed by atoms with Crippen molar-refractivity contribution >= 4 is 34.6 Å². The minimum Gasteiger partial charge on any atom is -0.353 e. The normalized spacial score (nSPS) is 13.3. The molecule has 2 aromatic carbocycles. The number of imidazole rings is 1. The van der Waals surface area contributed by atoms with Gasteiger partial charge in [-0.15, -0.1) is 0 Å². The van der Waals surface area contributed by atoms with Gasteiger partial charge in [-0.3, -0.25) is 18.7 Å². The second-order valence-electron chi connectivity index (χ2n) is 12.1. The monoisotopic (exact) mass is 632 g/mol. The van der Waals surface area contributed by atoms with Gasteiger partial charge in [0.1, 0.15) is 11.6 Å². The number of rotatable bonds is 11. The average Bonchev–Trinajstić information content (AvgIpc) is 3.33. The van der Waals surface area contributed by atoms with Crippen LogP contribution in [-0.4, -0.2) is 81.0 Å². The number of carbonyl (C=O) groups is 2. The third kappa shape index (κ3) is 7.75. The number of anilines is 2. The Morgan fingerprint density at radius 3 is 2.04 bits per heavy atom. The predicted molar refractivity (Wildman–Crippen MR) is 183 cm³/mol. The molecule has 1 saturated heterocycles. The van der Waals surface area contributed by atoms with Crippen molar-refractivity contribution in [1.29, 1.82) is 0 Å². The van der Waals surface area contributed by atoms with Gasteiger partial charge in [0.25, 0.3) is 0 Å². The molecular formula is C36H40N8O3. The predicted octanol–water partition coefficient (Wildman–Crippen LogP) is 3.82. The van der Waals surface area contributed by atoms with E-state index in [9.17, 15) is 14.4 Å². The van der Waals surface area contributed by atoms with E-state index in [4.69, 9.17) is 4.98 Å². The van der Waals surface area contributed by atoms with Crippen LogP contribution in [0.25, 0.3) is 11.2 Å². The minimum atomic E-state index is -0.300. The molecule has 6 rings (SSSR count). The number of hydrogen-bond acceptors (Lipinski definition) is 7. The Balaban J connectivity index is 1.08. The van der Waals surface area contributed by atoms with Crippen LogP contribution in [0.5, 0.6) is 0 Å². The molecule has 1 aliphatic heterocycles. The van der Waals surface area contributed by atoms with Gasteiger partial charge in [0.05, 0.1) is 18.6 Å². The molecule has 0 atom stereocenters. The smallest absolute Gasteiger partial charge is 0.330 e. The van der Waals surface area contributed by atoms with Gasteiger partial charge in [0.15, 0.2) is 5.65 Å². The molecule has 242 valence electrons. The van der Waals surface area contributed by atoms with E-state index in [1.807, 2.05) is 98.0 Å². The van der Waals surface area contributed by atoms with E-state index >= 15 is 0 Å². The zero-order valence-corrected chi connectivity index (χ0v) is 26.9. The Morgan fingerprint density at radius 2 is 1.43 bits per heavy atom. The Morgan fingerprint density at radius 1 is 0.766 bits per heavy atom. The highest BCUT2D eigenvalue weighted by molar-refractivity contribution is 5.93. The molecule has 3 aromatic heterocycles. The molecule has 1 N–H and O–H groups in total. The Labute approximate surface area is 274 Å². The quantitative estimate of drug-likeness (QED) is 0.236. The van der Waals surface area contributed by atoms with Crippen molar-refractivity contribution in [3.05, 3.63) is 118 Å². The molecule has 0 saturated carbocycles. The average molecular weight is 633 g/mol. The van der Waals surface area contributed by atoms with Crippen LogP contribution in [0.2, 0.25) is 0 Å². The molecule has 0 radical (unpaired) electrons. The highest BCUT2D eigenvalue weighted by atomic mass is 16.2. The maximum atomic E-state index is 13.7. The summed E-state index contributed by atoms with van der Waals surface area (Å²) in [6.07, 6.45) is 2.05.